The number of rotatable bonds is 3. The highest BCUT2D eigenvalue weighted by molar-refractivity contribution is 7.15. The number of hydrogen-bond acceptors (Lipinski definition) is 3. The summed E-state index contributed by atoms with van der Waals surface area (Å²) in [6.07, 6.45) is 2.56. The highest BCUT2D eigenvalue weighted by Crippen LogP contribution is 2.39. The maximum absolute atomic E-state index is 11.2. The average Bonchev–Trinajstić information content (AvgIpc) is 2.98. The quantitative estimate of drug-likeness (QED) is 0.931. The first-order valence-electron chi connectivity index (χ1n) is 6.50. The van der Waals surface area contributed by atoms with Crippen molar-refractivity contribution in [3.8, 4) is 10.6 Å². The fraction of sp³-hybridized carbons (Fsp3) is 0.333. The zero-order valence-electron chi connectivity index (χ0n) is 10.7. The number of fused-ring (bicyclic) bond motifs is 1. The Morgan fingerprint density at radius 3 is 2.79 bits per heavy atom. The van der Waals surface area contributed by atoms with Crippen LogP contribution < -0.4 is 0 Å². The number of hydrogen-bond donors (Lipinski definition) is 1. The van der Waals surface area contributed by atoms with Crippen LogP contribution in [0.2, 0.25) is 0 Å². The predicted molar refractivity (Wildman–Crippen MR) is 75.6 cm³/mol. The Morgan fingerprint density at radius 2 is 2.16 bits per heavy atom. The minimum atomic E-state index is -0.753. The number of aryl methyl sites for hydroxylation is 2. The van der Waals surface area contributed by atoms with Crippen LogP contribution >= 0.6 is 11.3 Å². The Morgan fingerprint density at radius 1 is 1.42 bits per heavy atom. The molecule has 0 fully saturated rings. The van der Waals surface area contributed by atoms with Crippen molar-refractivity contribution in [2.45, 2.75) is 32.1 Å². The van der Waals surface area contributed by atoms with Crippen molar-refractivity contribution in [3.63, 3.8) is 0 Å². The molecular formula is C15H15NO2S. The number of aliphatic carboxylic acids is 1. The third-order valence-electron chi connectivity index (χ3n) is 3.62. The molecule has 3 rings (SSSR count). The van der Waals surface area contributed by atoms with Crippen molar-refractivity contribution < 1.29 is 9.90 Å². The van der Waals surface area contributed by atoms with Crippen molar-refractivity contribution in [1.82, 2.24) is 4.98 Å². The van der Waals surface area contributed by atoms with Gasteiger partial charge in [-0.2, -0.15) is 0 Å². The lowest BCUT2D eigenvalue weighted by Crippen LogP contribution is -2.08. The smallest absolute Gasteiger partial charge is 0.312 e. The van der Waals surface area contributed by atoms with Gasteiger partial charge in [0.05, 0.1) is 5.69 Å². The summed E-state index contributed by atoms with van der Waals surface area (Å²) in [4.78, 5) is 16.9. The Labute approximate surface area is 115 Å². The van der Waals surface area contributed by atoms with Gasteiger partial charge in [0, 0.05) is 10.4 Å². The maximum atomic E-state index is 11.2. The van der Waals surface area contributed by atoms with Gasteiger partial charge < -0.3 is 5.11 Å². The van der Waals surface area contributed by atoms with E-state index in [1.807, 2.05) is 0 Å². The topological polar surface area (TPSA) is 50.2 Å². The SMILES string of the molecule is CCc1ccc(-c2nc3c(s2)CCC3C(=O)O)cc1. The molecule has 3 nitrogen and oxygen atoms in total. The fourth-order valence-electron chi connectivity index (χ4n) is 2.47. The van der Waals surface area contributed by atoms with Crippen molar-refractivity contribution >= 4 is 17.3 Å². The van der Waals surface area contributed by atoms with Crippen LogP contribution in [0.3, 0.4) is 0 Å². The molecule has 0 radical (unpaired) electrons. The van der Waals surface area contributed by atoms with Crippen molar-refractivity contribution in [2.75, 3.05) is 0 Å². The van der Waals surface area contributed by atoms with Gasteiger partial charge in [0.1, 0.15) is 10.9 Å². The molecule has 0 aliphatic heterocycles. The molecule has 0 bridgehead atoms. The number of carboxylic acids is 1. The molecule has 1 aromatic heterocycles. The van der Waals surface area contributed by atoms with E-state index >= 15 is 0 Å². The van der Waals surface area contributed by atoms with Crippen LogP contribution in [0.5, 0.6) is 0 Å². The number of carboxylic acid groups (broad SMARTS) is 1. The van der Waals surface area contributed by atoms with Crippen LogP contribution in [-0.4, -0.2) is 16.1 Å². The summed E-state index contributed by atoms with van der Waals surface area (Å²) in [5, 5.41) is 10.1. The van der Waals surface area contributed by atoms with Gasteiger partial charge in [0.15, 0.2) is 0 Å². The molecule has 98 valence electrons. The van der Waals surface area contributed by atoms with E-state index in [4.69, 9.17) is 0 Å². The van der Waals surface area contributed by atoms with E-state index in [9.17, 15) is 9.90 Å². The molecule has 1 unspecified atom stereocenters. The van der Waals surface area contributed by atoms with Crippen LogP contribution in [0, 0.1) is 0 Å². The monoisotopic (exact) mass is 273 g/mol. The standard InChI is InChI=1S/C15H15NO2S/c1-2-9-3-5-10(6-4-9)14-16-13-11(15(17)18)7-8-12(13)19-14/h3-6,11H,2,7-8H2,1H3,(H,17,18). The summed E-state index contributed by atoms with van der Waals surface area (Å²) >= 11 is 1.64. The molecule has 1 aromatic carbocycles. The first kappa shape index (κ1) is 12.4. The third-order valence-corrected chi connectivity index (χ3v) is 4.80. The molecule has 1 aliphatic rings. The van der Waals surface area contributed by atoms with Crippen LogP contribution in [-0.2, 0) is 17.6 Å². The summed E-state index contributed by atoms with van der Waals surface area (Å²) < 4.78 is 0. The van der Waals surface area contributed by atoms with Gasteiger partial charge in [-0.3, -0.25) is 4.79 Å². The molecule has 0 saturated heterocycles. The first-order valence-corrected chi connectivity index (χ1v) is 7.32. The molecule has 1 aliphatic carbocycles. The van der Waals surface area contributed by atoms with Crippen LogP contribution in [0.4, 0.5) is 0 Å². The lowest BCUT2D eigenvalue weighted by atomic mass is 10.1. The Balaban J connectivity index is 1.95. The minimum absolute atomic E-state index is 0.407. The normalized spacial score (nSPS) is 17.4. The van der Waals surface area contributed by atoms with Gasteiger partial charge in [0.2, 0.25) is 0 Å². The summed E-state index contributed by atoms with van der Waals surface area (Å²) in [5.74, 6) is -1.16. The minimum Gasteiger partial charge on any atom is -0.481 e. The molecule has 0 amide bonds. The Bertz CT molecular complexity index is 616. The molecular weight excluding hydrogens is 258 g/mol. The summed E-state index contributed by atoms with van der Waals surface area (Å²) in [6, 6.07) is 8.36. The predicted octanol–water partition coefficient (Wildman–Crippen LogP) is 3.49. The number of thiazole rings is 1. The third kappa shape index (κ3) is 2.16. The lowest BCUT2D eigenvalue weighted by Gasteiger charge is -2.02. The van der Waals surface area contributed by atoms with Crippen molar-refractivity contribution in [1.29, 1.82) is 0 Å². The van der Waals surface area contributed by atoms with E-state index in [1.165, 1.54) is 5.56 Å². The molecule has 1 heterocycles. The molecule has 0 spiro atoms. The molecule has 0 saturated carbocycles. The van der Waals surface area contributed by atoms with Gasteiger partial charge in [-0.1, -0.05) is 31.2 Å². The van der Waals surface area contributed by atoms with Gasteiger partial charge in [-0.25, -0.2) is 4.98 Å². The van der Waals surface area contributed by atoms with Crippen LogP contribution in [0.25, 0.3) is 10.6 Å². The molecule has 19 heavy (non-hydrogen) atoms. The molecule has 1 atom stereocenters. The first-order chi connectivity index (χ1) is 9.19. The van der Waals surface area contributed by atoms with Gasteiger partial charge in [-0.15, -0.1) is 11.3 Å². The second kappa shape index (κ2) is 4.78. The summed E-state index contributed by atoms with van der Waals surface area (Å²) in [5.41, 5.74) is 3.17. The summed E-state index contributed by atoms with van der Waals surface area (Å²) in [6.45, 7) is 2.13. The average molecular weight is 273 g/mol. The highest BCUT2D eigenvalue weighted by atomic mass is 32.1. The van der Waals surface area contributed by atoms with E-state index in [0.717, 1.165) is 34.0 Å². The van der Waals surface area contributed by atoms with E-state index in [1.54, 1.807) is 11.3 Å². The number of benzene rings is 1. The Kier molecular flexibility index (Phi) is 3.11. The fourth-order valence-corrected chi connectivity index (χ4v) is 3.62. The van der Waals surface area contributed by atoms with E-state index in [2.05, 4.69) is 36.2 Å². The number of aromatic nitrogens is 1. The zero-order chi connectivity index (χ0) is 13.4. The largest absolute Gasteiger partial charge is 0.481 e. The van der Waals surface area contributed by atoms with E-state index in [0.29, 0.717) is 6.42 Å². The molecule has 2 aromatic rings. The van der Waals surface area contributed by atoms with Gasteiger partial charge in [0.25, 0.3) is 0 Å². The molecule has 1 N–H and O–H groups in total. The van der Waals surface area contributed by atoms with E-state index in [-0.39, 0.29) is 0 Å². The van der Waals surface area contributed by atoms with Gasteiger partial charge >= 0.3 is 5.97 Å². The number of nitrogens with zero attached hydrogens (tertiary/aromatic N) is 1. The Hall–Kier alpha value is -1.68. The molecule has 4 heteroatoms. The van der Waals surface area contributed by atoms with E-state index < -0.39 is 11.9 Å². The lowest BCUT2D eigenvalue weighted by molar-refractivity contribution is -0.138. The van der Waals surface area contributed by atoms with Crippen molar-refractivity contribution in [2.24, 2.45) is 0 Å². The van der Waals surface area contributed by atoms with Crippen LogP contribution in [0.1, 0.15) is 35.4 Å². The second-order valence-electron chi connectivity index (χ2n) is 4.81. The highest BCUT2D eigenvalue weighted by Gasteiger charge is 2.32. The maximum Gasteiger partial charge on any atom is 0.312 e. The number of carbonyl (C=O) groups is 1. The summed E-state index contributed by atoms with van der Waals surface area (Å²) in [7, 11) is 0. The second-order valence-corrected chi connectivity index (χ2v) is 5.89. The van der Waals surface area contributed by atoms with Crippen LogP contribution in [0.15, 0.2) is 24.3 Å². The van der Waals surface area contributed by atoms with Crippen molar-refractivity contribution in [3.05, 3.63) is 40.4 Å². The zero-order valence-corrected chi connectivity index (χ0v) is 11.5. The van der Waals surface area contributed by atoms with Gasteiger partial charge in [-0.05, 0) is 24.8 Å².